The second-order valence-corrected chi connectivity index (χ2v) is 5.32. The van der Waals surface area contributed by atoms with E-state index >= 15 is 0 Å². The van der Waals surface area contributed by atoms with Crippen LogP contribution in [0.1, 0.15) is 18.1 Å². The van der Waals surface area contributed by atoms with Crippen molar-refractivity contribution in [2.45, 2.75) is 13.3 Å². The second-order valence-electron chi connectivity index (χ2n) is 5.32. The van der Waals surface area contributed by atoms with Crippen molar-refractivity contribution in [1.29, 1.82) is 5.26 Å². The van der Waals surface area contributed by atoms with E-state index in [9.17, 15) is 10.1 Å². The summed E-state index contributed by atoms with van der Waals surface area (Å²) >= 11 is 0. The number of ether oxygens (including phenoxy) is 2. The lowest BCUT2D eigenvalue weighted by molar-refractivity contribution is -0.112. The molecule has 25 heavy (non-hydrogen) atoms. The average molecular weight is 336 g/mol. The van der Waals surface area contributed by atoms with Gasteiger partial charge in [-0.2, -0.15) is 5.26 Å². The first-order chi connectivity index (χ1) is 12.1. The molecular formula is C20H20N2O3. The Morgan fingerprint density at radius 3 is 2.20 bits per heavy atom. The molecule has 2 aromatic rings. The highest BCUT2D eigenvalue weighted by Gasteiger charge is 2.10. The van der Waals surface area contributed by atoms with Gasteiger partial charge in [-0.1, -0.05) is 19.1 Å². The minimum absolute atomic E-state index is 0.00475. The van der Waals surface area contributed by atoms with Gasteiger partial charge >= 0.3 is 0 Å². The van der Waals surface area contributed by atoms with Gasteiger partial charge in [-0.15, -0.1) is 0 Å². The van der Waals surface area contributed by atoms with E-state index in [2.05, 4.69) is 12.2 Å². The van der Waals surface area contributed by atoms with Crippen LogP contribution in [0.3, 0.4) is 0 Å². The zero-order chi connectivity index (χ0) is 18.2. The molecule has 0 bridgehead atoms. The Bertz CT molecular complexity index is 796. The Kier molecular flexibility index (Phi) is 6.19. The molecule has 0 fully saturated rings. The summed E-state index contributed by atoms with van der Waals surface area (Å²) < 4.78 is 10.4. The van der Waals surface area contributed by atoms with Crippen LogP contribution in [0.5, 0.6) is 11.5 Å². The van der Waals surface area contributed by atoms with E-state index in [4.69, 9.17) is 9.47 Å². The lowest BCUT2D eigenvalue weighted by atomic mass is 10.1. The number of carbonyl (C=O) groups excluding carboxylic acids is 1. The summed E-state index contributed by atoms with van der Waals surface area (Å²) in [6.07, 6.45) is 2.43. The number of aryl methyl sites for hydroxylation is 1. The van der Waals surface area contributed by atoms with Crippen molar-refractivity contribution in [3.8, 4) is 17.6 Å². The number of methoxy groups -OCH3 is 2. The molecule has 0 saturated heterocycles. The van der Waals surface area contributed by atoms with Gasteiger partial charge in [0.05, 0.1) is 14.2 Å². The Morgan fingerprint density at radius 1 is 1.12 bits per heavy atom. The zero-order valence-corrected chi connectivity index (χ0v) is 14.5. The topological polar surface area (TPSA) is 71.4 Å². The van der Waals surface area contributed by atoms with E-state index in [0.29, 0.717) is 22.7 Å². The fourth-order valence-electron chi connectivity index (χ4n) is 2.25. The Morgan fingerprint density at radius 2 is 1.72 bits per heavy atom. The third-order valence-corrected chi connectivity index (χ3v) is 3.67. The van der Waals surface area contributed by atoms with Crippen molar-refractivity contribution in [2.75, 3.05) is 19.5 Å². The van der Waals surface area contributed by atoms with E-state index in [1.165, 1.54) is 11.6 Å². The van der Waals surface area contributed by atoms with E-state index < -0.39 is 5.91 Å². The fraction of sp³-hybridized carbons (Fsp3) is 0.200. The minimum Gasteiger partial charge on any atom is -0.497 e. The molecule has 0 unspecified atom stereocenters. The molecule has 1 N–H and O–H groups in total. The van der Waals surface area contributed by atoms with Crippen molar-refractivity contribution < 1.29 is 14.3 Å². The van der Waals surface area contributed by atoms with Crippen LogP contribution in [-0.2, 0) is 11.2 Å². The van der Waals surface area contributed by atoms with Gasteiger partial charge in [0, 0.05) is 11.8 Å². The van der Waals surface area contributed by atoms with Gasteiger partial charge in [-0.25, -0.2) is 0 Å². The van der Waals surface area contributed by atoms with E-state index in [0.717, 1.165) is 6.42 Å². The first-order valence-electron chi connectivity index (χ1n) is 7.84. The standard InChI is InChI=1S/C20H20N2O3/c1-4-14-5-7-17(8-6-14)22-20(23)16(13-21)9-15-10-18(24-2)12-19(11-15)25-3/h5-12H,4H2,1-3H3,(H,22,23)/b16-9+. The molecule has 0 aliphatic rings. The van der Waals surface area contributed by atoms with Gasteiger partial charge in [0.15, 0.2) is 0 Å². The molecule has 0 aliphatic carbocycles. The van der Waals surface area contributed by atoms with Gasteiger partial charge in [-0.3, -0.25) is 4.79 Å². The number of carbonyl (C=O) groups is 1. The number of anilines is 1. The summed E-state index contributed by atoms with van der Waals surface area (Å²) in [5, 5.41) is 12.1. The lowest BCUT2D eigenvalue weighted by Gasteiger charge is -2.07. The molecule has 0 aliphatic heterocycles. The molecular weight excluding hydrogens is 316 g/mol. The van der Waals surface area contributed by atoms with E-state index in [1.54, 1.807) is 32.4 Å². The van der Waals surface area contributed by atoms with Crippen LogP contribution in [-0.4, -0.2) is 20.1 Å². The molecule has 2 aromatic carbocycles. The zero-order valence-electron chi connectivity index (χ0n) is 14.5. The molecule has 128 valence electrons. The van der Waals surface area contributed by atoms with Crippen molar-refractivity contribution in [3.05, 3.63) is 59.2 Å². The summed E-state index contributed by atoms with van der Waals surface area (Å²) in [6.45, 7) is 2.06. The van der Waals surface area contributed by atoms with Crippen LogP contribution in [0.4, 0.5) is 5.69 Å². The fourth-order valence-corrected chi connectivity index (χ4v) is 2.25. The number of hydrogen-bond donors (Lipinski definition) is 1. The van der Waals surface area contributed by atoms with Crippen molar-refractivity contribution in [1.82, 2.24) is 0 Å². The smallest absolute Gasteiger partial charge is 0.266 e. The number of hydrogen-bond acceptors (Lipinski definition) is 4. The minimum atomic E-state index is -0.464. The molecule has 0 spiro atoms. The van der Waals surface area contributed by atoms with Crippen LogP contribution < -0.4 is 14.8 Å². The molecule has 0 aromatic heterocycles. The second kappa shape index (κ2) is 8.55. The van der Waals surface area contributed by atoms with Gasteiger partial charge in [0.1, 0.15) is 23.1 Å². The Balaban J connectivity index is 2.24. The summed E-state index contributed by atoms with van der Waals surface area (Å²) in [5.41, 5.74) is 2.46. The predicted molar refractivity (Wildman–Crippen MR) is 97.6 cm³/mol. The van der Waals surface area contributed by atoms with E-state index in [1.807, 2.05) is 30.3 Å². The number of amides is 1. The monoisotopic (exact) mass is 336 g/mol. The SMILES string of the molecule is CCc1ccc(NC(=O)/C(C#N)=C/c2cc(OC)cc(OC)c2)cc1. The number of nitrogens with one attached hydrogen (secondary N) is 1. The molecule has 1 amide bonds. The highest BCUT2D eigenvalue weighted by molar-refractivity contribution is 6.09. The van der Waals surface area contributed by atoms with Crippen LogP contribution >= 0.6 is 0 Å². The van der Waals surface area contributed by atoms with Crippen LogP contribution in [0.2, 0.25) is 0 Å². The maximum absolute atomic E-state index is 12.3. The molecule has 5 nitrogen and oxygen atoms in total. The molecule has 0 radical (unpaired) electrons. The van der Waals surface area contributed by atoms with Gasteiger partial charge in [0.2, 0.25) is 0 Å². The Hall–Kier alpha value is -3.26. The third-order valence-electron chi connectivity index (χ3n) is 3.67. The summed E-state index contributed by atoms with van der Waals surface area (Å²) in [4.78, 5) is 12.3. The maximum atomic E-state index is 12.3. The van der Waals surface area contributed by atoms with Crippen molar-refractivity contribution in [3.63, 3.8) is 0 Å². The molecule has 5 heteroatoms. The molecule has 2 rings (SSSR count). The van der Waals surface area contributed by atoms with Crippen LogP contribution in [0, 0.1) is 11.3 Å². The third kappa shape index (κ3) is 4.85. The van der Waals surface area contributed by atoms with E-state index in [-0.39, 0.29) is 5.57 Å². The number of nitrogens with zero attached hydrogens (tertiary/aromatic N) is 1. The predicted octanol–water partition coefficient (Wildman–Crippen LogP) is 3.81. The maximum Gasteiger partial charge on any atom is 0.266 e. The van der Waals surface area contributed by atoms with Gasteiger partial charge in [0.25, 0.3) is 5.91 Å². The van der Waals surface area contributed by atoms with Crippen molar-refractivity contribution in [2.24, 2.45) is 0 Å². The molecule has 0 heterocycles. The largest absolute Gasteiger partial charge is 0.497 e. The van der Waals surface area contributed by atoms with Crippen LogP contribution in [0.25, 0.3) is 6.08 Å². The quantitative estimate of drug-likeness (QED) is 0.643. The highest BCUT2D eigenvalue weighted by Crippen LogP contribution is 2.24. The Labute approximate surface area is 147 Å². The highest BCUT2D eigenvalue weighted by atomic mass is 16.5. The normalized spacial score (nSPS) is 10.7. The number of nitriles is 1. The first kappa shape index (κ1) is 18.1. The molecule has 0 atom stereocenters. The van der Waals surface area contributed by atoms with Crippen molar-refractivity contribution >= 4 is 17.7 Å². The lowest BCUT2D eigenvalue weighted by Crippen LogP contribution is -2.13. The summed E-state index contributed by atoms with van der Waals surface area (Å²) in [7, 11) is 3.08. The first-order valence-corrected chi connectivity index (χ1v) is 7.84. The van der Waals surface area contributed by atoms with Gasteiger partial charge < -0.3 is 14.8 Å². The summed E-state index contributed by atoms with van der Waals surface area (Å²) in [6, 6.07) is 14.6. The average Bonchev–Trinajstić information content (AvgIpc) is 2.66. The number of rotatable bonds is 6. The van der Waals surface area contributed by atoms with Crippen LogP contribution in [0.15, 0.2) is 48.0 Å². The number of benzene rings is 2. The van der Waals surface area contributed by atoms with Gasteiger partial charge in [-0.05, 0) is 47.9 Å². The molecule has 0 saturated carbocycles. The summed E-state index contributed by atoms with van der Waals surface area (Å²) in [5.74, 6) is 0.699.